The highest BCUT2D eigenvalue weighted by molar-refractivity contribution is 7.88. The standard InChI is InChI=1S/C27H24FNO7S/c1-34-23-15-21-24(14-20(23)22-4-3-13-29(22)37(2,32)33)36-26(25(21)27(30)31)16-5-9-18(10-6-16)35-19-11-7-17(28)8-12-19/h5-12,14-15,22H,3-4,13H2,1-2H3,(H,30,31). The number of rotatable bonds is 7. The van der Waals surface area contributed by atoms with Crippen LogP contribution >= 0.6 is 0 Å². The monoisotopic (exact) mass is 525 g/mol. The van der Waals surface area contributed by atoms with Crippen LogP contribution in [0.25, 0.3) is 22.3 Å². The maximum Gasteiger partial charge on any atom is 0.340 e. The lowest BCUT2D eigenvalue weighted by Gasteiger charge is -2.24. The summed E-state index contributed by atoms with van der Waals surface area (Å²) in [5.74, 6) is -0.0556. The molecule has 1 saturated heterocycles. The molecule has 0 bridgehead atoms. The second-order valence-electron chi connectivity index (χ2n) is 8.81. The van der Waals surface area contributed by atoms with Gasteiger partial charge in [-0.25, -0.2) is 17.6 Å². The Balaban J connectivity index is 1.55. The van der Waals surface area contributed by atoms with Crippen molar-refractivity contribution in [3.05, 3.63) is 77.6 Å². The molecule has 2 heterocycles. The topological polar surface area (TPSA) is 106 Å². The zero-order chi connectivity index (χ0) is 26.3. The number of nitrogens with zero attached hydrogens (tertiary/aromatic N) is 1. The van der Waals surface area contributed by atoms with E-state index >= 15 is 0 Å². The Bertz CT molecular complexity index is 1580. The molecule has 8 nitrogen and oxygen atoms in total. The summed E-state index contributed by atoms with van der Waals surface area (Å²) >= 11 is 0. The van der Waals surface area contributed by atoms with Crippen LogP contribution in [0, 0.1) is 5.82 Å². The zero-order valence-electron chi connectivity index (χ0n) is 20.1. The molecule has 1 aromatic heterocycles. The lowest BCUT2D eigenvalue weighted by atomic mass is 10.00. The first-order chi connectivity index (χ1) is 17.7. The number of halogens is 1. The van der Waals surface area contributed by atoms with Gasteiger partial charge in [0.15, 0.2) is 0 Å². The number of carbonyl (C=O) groups is 1. The molecule has 10 heteroatoms. The first-order valence-corrected chi connectivity index (χ1v) is 13.4. The van der Waals surface area contributed by atoms with Gasteiger partial charge in [-0.1, -0.05) is 0 Å². The summed E-state index contributed by atoms with van der Waals surface area (Å²) in [6, 6.07) is 15.1. The van der Waals surface area contributed by atoms with E-state index in [0.29, 0.717) is 58.7 Å². The van der Waals surface area contributed by atoms with E-state index in [2.05, 4.69) is 0 Å². The maximum atomic E-state index is 13.1. The first kappa shape index (κ1) is 24.8. The molecule has 0 radical (unpaired) electrons. The van der Waals surface area contributed by atoms with Crippen molar-refractivity contribution in [2.75, 3.05) is 19.9 Å². The number of aromatic carboxylic acids is 1. The van der Waals surface area contributed by atoms with Gasteiger partial charge in [-0.3, -0.25) is 0 Å². The Hall–Kier alpha value is -3.89. The van der Waals surface area contributed by atoms with Crippen LogP contribution in [0.15, 0.2) is 65.1 Å². The summed E-state index contributed by atoms with van der Waals surface area (Å²) in [4.78, 5) is 12.3. The summed E-state index contributed by atoms with van der Waals surface area (Å²) in [7, 11) is -1.98. The molecule has 1 N–H and O–H groups in total. The van der Waals surface area contributed by atoms with Crippen molar-refractivity contribution in [1.82, 2.24) is 4.31 Å². The number of carboxylic acid groups (broad SMARTS) is 1. The van der Waals surface area contributed by atoms with E-state index < -0.39 is 22.0 Å². The number of hydrogen-bond donors (Lipinski definition) is 1. The van der Waals surface area contributed by atoms with Crippen LogP contribution < -0.4 is 9.47 Å². The molecule has 4 aromatic rings. The first-order valence-electron chi connectivity index (χ1n) is 11.5. The zero-order valence-corrected chi connectivity index (χ0v) is 20.9. The van der Waals surface area contributed by atoms with Gasteiger partial charge < -0.3 is 19.0 Å². The van der Waals surface area contributed by atoms with Crippen molar-refractivity contribution in [1.29, 1.82) is 0 Å². The highest BCUT2D eigenvalue weighted by Gasteiger charge is 2.35. The van der Waals surface area contributed by atoms with Crippen molar-refractivity contribution in [3.8, 4) is 28.6 Å². The summed E-state index contributed by atoms with van der Waals surface area (Å²) in [6.07, 6.45) is 2.49. The van der Waals surface area contributed by atoms with Crippen molar-refractivity contribution in [2.24, 2.45) is 0 Å². The van der Waals surface area contributed by atoms with Gasteiger partial charge in [0.05, 0.1) is 19.4 Å². The fourth-order valence-corrected chi connectivity index (χ4v) is 5.89. The molecule has 1 unspecified atom stereocenters. The fourth-order valence-electron chi connectivity index (χ4n) is 4.75. The van der Waals surface area contributed by atoms with E-state index in [9.17, 15) is 22.7 Å². The van der Waals surface area contributed by atoms with Crippen LogP contribution in [0.5, 0.6) is 17.2 Å². The van der Waals surface area contributed by atoms with E-state index in [0.717, 1.165) is 0 Å². The molecule has 0 aliphatic carbocycles. The van der Waals surface area contributed by atoms with Crippen LogP contribution in [-0.4, -0.2) is 43.7 Å². The summed E-state index contributed by atoms with van der Waals surface area (Å²) in [5.41, 5.74) is 1.42. The molecule has 192 valence electrons. The Morgan fingerprint density at radius 1 is 1.08 bits per heavy atom. The van der Waals surface area contributed by atoms with Crippen LogP contribution in [0.2, 0.25) is 0 Å². The average molecular weight is 526 g/mol. The van der Waals surface area contributed by atoms with E-state index in [1.165, 1.54) is 41.9 Å². The Labute approximate surface area is 212 Å². The predicted octanol–water partition coefficient (Wildman–Crippen LogP) is 5.83. The lowest BCUT2D eigenvalue weighted by molar-refractivity contribution is 0.0699. The average Bonchev–Trinajstić information content (AvgIpc) is 3.50. The number of furan rings is 1. The quantitative estimate of drug-likeness (QED) is 0.323. The smallest absolute Gasteiger partial charge is 0.340 e. The third kappa shape index (κ3) is 4.77. The minimum absolute atomic E-state index is 0.0292. The van der Waals surface area contributed by atoms with Crippen molar-refractivity contribution < 1.29 is 36.6 Å². The fraction of sp³-hybridized carbons (Fsp3) is 0.222. The molecular formula is C27H24FNO7S. The molecule has 5 rings (SSSR count). The molecule has 0 amide bonds. The SMILES string of the molecule is COc1cc2c(C(=O)O)c(-c3ccc(Oc4ccc(F)cc4)cc3)oc2cc1C1CCCN1S(C)(=O)=O. The number of sulfonamides is 1. The van der Waals surface area contributed by atoms with Crippen molar-refractivity contribution in [3.63, 3.8) is 0 Å². The molecule has 1 aliphatic heterocycles. The van der Waals surface area contributed by atoms with Gasteiger partial charge in [-0.2, -0.15) is 4.31 Å². The molecular weight excluding hydrogens is 501 g/mol. The normalized spacial score (nSPS) is 16.2. The van der Waals surface area contributed by atoms with Crippen molar-refractivity contribution in [2.45, 2.75) is 18.9 Å². The van der Waals surface area contributed by atoms with Gasteiger partial charge in [0.1, 0.15) is 40.0 Å². The van der Waals surface area contributed by atoms with E-state index in [1.54, 1.807) is 36.4 Å². The number of carboxylic acids is 1. The minimum atomic E-state index is -3.44. The van der Waals surface area contributed by atoms with Gasteiger partial charge in [0.25, 0.3) is 0 Å². The predicted molar refractivity (Wildman–Crippen MR) is 135 cm³/mol. The molecule has 0 spiro atoms. The Morgan fingerprint density at radius 2 is 1.73 bits per heavy atom. The minimum Gasteiger partial charge on any atom is -0.496 e. The lowest BCUT2D eigenvalue weighted by Crippen LogP contribution is -2.29. The summed E-state index contributed by atoms with van der Waals surface area (Å²) < 4.78 is 56.6. The summed E-state index contributed by atoms with van der Waals surface area (Å²) in [6.45, 7) is 0.404. The largest absolute Gasteiger partial charge is 0.496 e. The third-order valence-electron chi connectivity index (χ3n) is 6.41. The second kappa shape index (κ2) is 9.53. The molecule has 3 aromatic carbocycles. The number of fused-ring (bicyclic) bond motifs is 1. The van der Waals surface area contributed by atoms with Crippen molar-refractivity contribution >= 4 is 27.0 Å². The number of methoxy groups -OCH3 is 1. The van der Waals surface area contributed by atoms with Crippen LogP contribution in [0.3, 0.4) is 0 Å². The van der Waals surface area contributed by atoms with E-state index in [4.69, 9.17) is 13.9 Å². The number of ether oxygens (including phenoxy) is 2. The third-order valence-corrected chi connectivity index (χ3v) is 7.70. The highest BCUT2D eigenvalue weighted by atomic mass is 32.2. The van der Waals surface area contributed by atoms with Gasteiger partial charge in [-0.15, -0.1) is 0 Å². The molecule has 1 atom stereocenters. The maximum absolute atomic E-state index is 13.1. The second-order valence-corrected chi connectivity index (χ2v) is 10.7. The van der Waals surface area contributed by atoms with E-state index in [1.807, 2.05) is 0 Å². The van der Waals surface area contributed by atoms with Gasteiger partial charge in [0, 0.05) is 23.1 Å². The van der Waals surface area contributed by atoms with Gasteiger partial charge in [-0.05, 0) is 73.5 Å². The van der Waals surface area contributed by atoms with Crippen LogP contribution in [0.4, 0.5) is 4.39 Å². The summed E-state index contributed by atoms with van der Waals surface area (Å²) in [5, 5.41) is 10.4. The Morgan fingerprint density at radius 3 is 2.32 bits per heavy atom. The highest BCUT2D eigenvalue weighted by Crippen LogP contribution is 2.43. The molecule has 37 heavy (non-hydrogen) atoms. The molecule has 1 fully saturated rings. The van der Waals surface area contributed by atoms with Gasteiger partial charge in [0.2, 0.25) is 10.0 Å². The molecule has 0 saturated carbocycles. The van der Waals surface area contributed by atoms with Crippen LogP contribution in [0.1, 0.15) is 34.8 Å². The van der Waals surface area contributed by atoms with Crippen LogP contribution in [-0.2, 0) is 10.0 Å². The van der Waals surface area contributed by atoms with Gasteiger partial charge >= 0.3 is 5.97 Å². The number of hydrogen-bond acceptors (Lipinski definition) is 6. The molecule has 1 aliphatic rings. The Kier molecular flexibility index (Phi) is 6.38. The van der Waals surface area contributed by atoms with E-state index in [-0.39, 0.29) is 17.1 Å². The number of benzene rings is 3.